The van der Waals surface area contributed by atoms with Crippen LogP contribution >= 0.6 is 0 Å². The maximum Gasteiger partial charge on any atom is 0.398 e. The predicted octanol–water partition coefficient (Wildman–Crippen LogP) is 5.03. The van der Waals surface area contributed by atoms with Gasteiger partial charge in [-0.15, -0.1) is 5.10 Å². The van der Waals surface area contributed by atoms with Crippen molar-refractivity contribution < 1.29 is 10.1 Å². The van der Waals surface area contributed by atoms with Crippen molar-refractivity contribution in [2.24, 2.45) is 0 Å². The lowest BCUT2D eigenvalue weighted by Gasteiger charge is -2.03. The highest BCUT2D eigenvalue weighted by Crippen LogP contribution is 2.13. The molecular weight excluding hydrogens is 314 g/mol. The Morgan fingerprint density at radius 2 is 1.12 bits per heavy atom. The molecule has 0 aliphatic heterocycles. The van der Waals surface area contributed by atoms with Crippen LogP contribution in [0.3, 0.4) is 0 Å². The minimum absolute atomic E-state index is 0.219. The second-order valence-electron chi connectivity index (χ2n) is 7.38. The van der Waals surface area contributed by atoms with E-state index in [4.69, 9.17) is 0 Å². The maximum atomic E-state index is 11.4. The quantitative estimate of drug-likeness (QED) is 0.208. The van der Waals surface area contributed by atoms with Crippen LogP contribution in [0, 0.1) is 0 Å². The van der Waals surface area contributed by atoms with Crippen LogP contribution in [-0.2, 0) is 6.42 Å². The summed E-state index contributed by atoms with van der Waals surface area (Å²) in [5.74, 6) is 0. The van der Waals surface area contributed by atoms with Crippen molar-refractivity contribution in [1.29, 1.82) is 0 Å². The maximum absolute atomic E-state index is 11.4. The van der Waals surface area contributed by atoms with E-state index >= 15 is 0 Å². The number of nitrogens with zero attached hydrogens (tertiary/aromatic N) is 1. The van der Waals surface area contributed by atoms with Gasteiger partial charge in [0.05, 0.1) is 0 Å². The van der Waals surface area contributed by atoms with Gasteiger partial charge in [-0.2, -0.15) is 0 Å². The van der Waals surface area contributed by atoms with Gasteiger partial charge in [0.25, 0.3) is 5.69 Å². The molecule has 5 nitrogen and oxygen atoms in total. The molecule has 146 valence electrons. The molecule has 5 heteroatoms. The summed E-state index contributed by atoms with van der Waals surface area (Å²) in [4.78, 5) is 12.2. The molecule has 0 aliphatic carbocycles. The highest BCUT2D eigenvalue weighted by Gasteiger charge is 2.14. The average Bonchev–Trinajstić information content (AvgIpc) is 2.93. The first-order valence-electron chi connectivity index (χ1n) is 10.7. The fraction of sp³-hybridized carbons (Fsp3) is 0.900. The average molecular weight is 355 g/mol. The molecule has 1 heterocycles. The predicted molar refractivity (Wildman–Crippen MR) is 102 cm³/mol. The standard InChI is InChI=1S/C20H39N3O2/c1-2-3-4-5-6-7-8-9-10-11-12-13-14-15-16-17-18-19-20(24)21-22-23(19)25/h24-25H,2-18H2,1H3/p+1. The molecule has 25 heavy (non-hydrogen) atoms. The Morgan fingerprint density at radius 1 is 0.720 bits per heavy atom. The largest absolute Gasteiger partial charge is 0.398 e. The first kappa shape index (κ1) is 21.8. The second-order valence-corrected chi connectivity index (χ2v) is 7.38. The lowest BCUT2D eigenvalue weighted by molar-refractivity contribution is -0.953. The summed E-state index contributed by atoms with van der Waals surface area (Å²) < 4.78 is 0. The molecule has 0 aliphatic rings. The monoisotopic (exact) mass is 354 g/mol. The van der Waals surface area contributed by atoms with E-state index in [0.717, 1.165) is 17.7 Å². The van der Waals surface area contributed by atoms with E-state index in [1.165, 1.54) is 89.9 Å². The highest BCUT2D eigenvalue weighted by atomic mass is 16.5. The molecular formula is C20H40N3O2+. The molecule has 0 atom stereocenters. The molecule has 1 rings (SSSR count). The van der Waals surface area contributed by atoms with Crippen LogP contribution in [0.25, 0.3) is 0 Å². The summed E-state index contributed by atoms with van der Waals surface area (Å²) in [5.41, 5.74) is 0.203. The van der Waals surface area contributed by atoms with Gasteiger partial charge in [-0.1, -0.05) is 108 Å². The van der Waals surface area contributed by atoms with Crippen LogP contribution in [0.1, 0.15) is 115 Å². The number of hydrogen-bond donors (Lipinski definition) is 3. The number of aromatic amines is 2. The fourth-order valence-electron chi connectivity index (χ4n) is 3.40. The summed E-state index contributed by atoms with van der Waals surface area (Å²) in [7, 11) is 0. The minimum Gasteiger partial charge on any atom is -0.331 e. The van der Waals surface area contributed by atoms with Crippen molar-refractivity contribution in [3.8, 4) is 0 Å². The van der Waals surface area contributed by atoms with Crippen molar-refractivity contribution >= 4 is 0 Å². The molecule has 0 bridgehead atoms. The molecule has 0 unspecified atom stereocenters. The lowest BCUT2D eigenvalue weighted by atomic mass is 10.0. The molecule has 0 aromatic carbocycles. The van der Waals surface area contributed by atoms with Crippen molar-refractivity contribution in [2.75, 3.05) is 0 Å². The molecule has 0 spiro atoms. The van der Waals surface area contributed by atoms with Crippen molar-refractivity contribution in [1.82, 2.24) is 10.3 Å². The number of nitrogens with one attached hydrogen (secondary N) is 2. The molecule has 0 saturated heterocycles. The number of unbranched alkanes of at least 4 members (excludes halogenated alkanes) is 15. The van der Waals surface area contributed by atoms with Crippen LogP contribution in [0.4, 0.5) is 0 Å². The van der Waals surface area contributed by atoms with Crippen LogP contribution < -0.4 is 10.4 Å². The van der Waals surface area contributed by atoms with E-state index in [1.807, 2.05) is 0 Å². The van der Waals surface area contributed by atoms with Gasteiger partial charge in [-0.05, 0) is 6.42 Å². The van der Waals surface area contributed by atoms with Crippen molar-refractivity contribution in [3.05, 3.63) is 16.0 Å². The molecule has 0 amide bonds. The van der Waals surface area contributed by atoms with Gasteiger partial charge >= 0.3 is 5.56 Å². The molecule has 3 N–H and O–H groups in total. The number of rotatable bonds is 17. The Balaban J connectivity index is 1.77. The van der Waals surface area contributed by atoms with Crippen LogP contribution in [0.15, 0.2) is 4.79 Å². The molecule has 0 fully saturated rings. The zero-order chi connectivity index (χ0) is 18.2. The van der Waals surface area contributed by atoms with E-state index in [1.54, 1.807) is 0 Å². The first-order chi connectivity index (χ1) is 12.3. The highest BCUT2D eigenvalue weighted by molar-refractivity contribution is 4.84. The van der Waals surface area contributed by atoms with E-state index in [-0.39, 0.29) is 5.56 Å². The van der Waals surface area contributed by atoms with E-state index in [0.29, 0.717) is 12.1 Å². The lowest BCUT2D eigenvalue weighted by Crippen LogP contribution is -2.38. The Bertz CT molecular complexity index is 468. The Kier molecular flexibility index (Phi) is 13.1. The van der Waals surface area contributed by atoms with Gasteiger partial charge in [-0.3, -0.25) is 0 Å². The third-order valence-corrected chi connectivity index (χ3v) is 5.06. The Morgan fingerprint density at radius 3 is 1.48 bits per heavy atom. The van der Waals surface area contributed by atoms with Gasteiger partial charge < -0.3 is 5.21 Å². The number of aromatic nitrogens is 3. The third-order valence-electron chi connectivity index (χ3n) is 5.06. The summed E-state index contributed by atoms with van der Waals surface area (Å²) in [5, 5.41) is 14.1. The van der Waals surface area contributed by atoms with Gasteiger partial charge in [-0.25, -0.2) is 4.79 Å². The van der Waals surface area contributed by atoms with E-state index < -0.39 is 0 Å². The van der Waals surface area contributed by atoms with Crippen molar-refractivity contribution in [3.63, 3.8) is 0 Å². The number of hydrogen-bond acceptors (Lipinski definition) is 2. The molecule has 1 aromatic heterocycles. The normalized spacial score (nSPS) is 11.2. The summed E-state index contributed by atoms with van der Waals surface area (Å²) in [6.07, 6.45) is 22.1. The van der Waals surface area contributed by atoms with Gasteiger partial charge in [0.1, 0.15) is 0 Å². The topological polar surface area (TPSA) is 72.8 Å². The number of H-pyrrole nitrogens is 2. The molecule has 0 radical (unpaired) electrons. The minimum atomic E-state index is -0.219. The second kappa shape index (κ2) is 15.0. The Labute approximate surface area is 153 Å². The van der Waals surface area contributed by atoms with Gasteiger partial charge in [0.2, 0.25) is 0 Å². The fourth-order valence-corrected chi connectivity index (χ4v) is 3.40. The Hall–Kier alpha value is -1.26. The molecule has 1 aromatic rings. The smallest absolute Gasteiger partial charge is 0.331 e. The summed E-state index contributed by atoms with van der Waals surface area (Å²) >= 11 is 0. The van der Waals surface area contributed by atoms with Crippen LogP contribution in [0.2, 0.25) is 0 Å². The van der Waals surface area contributed by atoms with Crippen LogP contribution in [0.5, 0.6) is 0 Å². The zero-order valence-electron chi connectivity index (χ0n) is 16.3. The summed E-state index contributed by atoms with van der Waals surface area (Å²) in [6.45, 7) is 2.27. The van der Waals surface area contributed by atoms with E-state index in [9.17, 15) is 10.0 Å². The third kappa shape index (κ3) is 11.1. The van der Waals surface area contributed by atoms with Crippen molar-refractivity contribution in [2.45, 2.75) is 116 Å². The first-order valence-corrected chi connectivity index (χ1v) is 10.7. The van der Waals surface area contributed by atoms with Crippen LogP contribution in [-0.4, -0.2) is 15.5 Å². The van der Waals surface area contributed by atoms with Gasteiger partial charge in [0.15, 0.2) is 0 Å². The van der Waals surface area contributed by atoms with Gasteiger partial charge in [0, 0.05) is 11.3 Å². The van der Waals surface area contributed by atoms with E-state index in [2.05, 4.69) is 17.2 Å². The summed E-state index contributed by atoms with van der Waals surface area (Å²) in [6, 6.07) is 0. The zero-order valence-corrected chi connectivity index (χ0v) is 16.3. The molecule has 0 saturated carbocycles. The SMILES string of the molecule is CCCCCCCCCCCCCCCCCCc1c(=O)[nH][nH][n+]1O.